The Hall–Kier alpha value is -4.24. The van der Waals surface area contributed by atoms with E-state index in [1.54, 1.807) is 6.07 Å². The Morgan fingerprint density at radius 2 is 1.43 bits per heavy atom. The fourth-order valence-electron chi connectivity index (χ4n) is 6.78. The van der Waals surface area contributed by atoms with Gasteiger partial charge in [-0.1, -0.05) is 80.6 Å². The van der Waals surface area contributed by atoms with Crippen LogP contribution in [-0.4, -0.2) is 0 Å². The molecule has 0 amide bonds. The van der Waals surface area contributed by atoms with Crippen LogP contribution in [0.15, 0.2) is 102 Å². The number of aromatic nitrogens is 1. The fourth-order valence-corrected chi connectivity index (χ4v) is 6.78. The SMILES string of the molecule is [2H]C1(c2ccccc2)CCC([2H])(c2ccc(-c3c(F)ccc4c3oc3c(-c5cc(C([2H])([2H])C(C)C)cc[n+]5C)c(C)ccc34)cc2)CC1. The third-order valence-electron chi connectivity index (χ3n) is 9.05. The quantitative estimate of drug-likeness (QED) is 0.177. The summed E-state index contributed by atoms with van der Waals surface area (Å²) < 4.78 is 60.3. The van der Waals surface area contributed by atoms with E-state index in [4.69, 9.17) is 8.53 Å². The summed E-state index contributed by atoms with van der Waals surface area (Å²) in [6.45, 7) is 5.78. The summed E-state index contributed by atoms with van der Waals surface area (Å²) in [5, 5.41) is 1.67. The predicted molar refractivity (Wildman–Crippen MR) is 179 cm³/mol. The second kappa shape index (κ2) is 11.7. The molecule has 3 heteroatoms. The van der Waals surface area contributed by atoms with Crippen LogP contribution in [0.4, 0.5) is 4.39 Å². The van der Waals surface area contributed by atoms with Crippen LogP contribution in [0.2, 0.25) is 0 Å². The molecule has 1 aliphatic rings. The van der Waals surface area contributed by atoms with Crippen molar-refractivity contribution in [2.24, 2.45) is 13.0 Å². The topological polar surface area (TPSA) is 17.0 Å². The average Bonchev–Trinajstić information content (AvgIpc) is 3.45. The summed E-state index contributed by atoms with van der Waals surface area (Å²) in [7, 11) is 1.94. The second-order valence-electron chi connectivity index (χ2n) is 12.4. The van der Waals surface area contributed by atoms with Crippen LogP contribution < -0.4 is 4.57 Å². The van der Waals surface area contributed by atoms with E-state index in [-0.39, 0.29) is 11.7 Å². The number of hydrogen-bond donors (Lipinski definition) is 0. The average molecular weight is 587 g/mol. The van der Waals surface area contributed by atoms with Crippen molar-refractivity contribution in [2.45, 2.75) is 64.6 Å². The first-order valence-electron chi connectivity index (χ1n) is 17.6. The number of fused-ring (bicyclic) bond motifs is 3. The van der Waals surface area contributed by atoms with E-state index in [1.807, 2.05) is 117 Å². The van der Waals surface area contributed by atoms with E-state index in [0.29, 0.717) is 53.5 Å². The van der Waals surface area contributed by atoms with Crippen LogP contribution in [-0.2, 0) is 13.4 Å². The summed E-state index contributed by atoms with van der Waals surface area (Å²) in [5.41, 5.74) is 7.29. The Bertz CT molecular complexity index is 2150. The molecule has 1 aliphatic carbocycles. The molecule has 0 saturated heterocycles. The van der Waals surface area contributed by atoms with Crippen LogP contribution >= 0.6 is 0 Å². The van der Waals surface area contributed by atoms with Crippen molar-refractivity contribution in [1.29, 1.82) is 0 Å². The van der Waals surface area contributed by atoms with Crippen molar-refractivity contribution in [1.82, 2.24) is 0 Å². The second-order valence-corrected chi connectivity index (χ2v) is 12.4. The van der Waals surface area contributed by atoms with Crippen molar-refractivity contribution in [3.05, 3.63) is 125 Å². The van der Waals surface area contributed by atoms with E-state index in [1.165, 1.54) is 6.07 Å². The maximum atomic E-state index is 15.8. The molecule has 0 atom stereocenters. The number of furan rings is 1. The minimum Gasteiger partial charge on any atom is -0.454 e. The van der Waals surface area contributed by atoms with Gasteiger partial charge in [-0.15, -0.1) is 0 Å². The van der Waals surface area contributed by atoms with Gasteiger partial charge in [0, 0.05) is 28.4 Å². The van der Waals surface area contributed by atoms with Gasteiger partial charge < -0.3 is 4.42 Å². The molecule has 1 fully saturated rings. The summed E-state index contributed by atoms with van der Waals surface area (Å²) in [6, 6.07) is 28.6. The van der Waals surface area contributed by atoms with Gasteiger partial charge in [-0.05, 0) is 96.6 Å². The fraction of sp³-hybridized carbons (Fsp3) is 0.293. The van der Waals surface area contributed by atoms with Crippen molar-refractivity contribution in [3.63, 3.8) is 0 Å². The lowest BCUT2D eigenvalue weighted by Crippen LogP contribution is -2.31. The largest absolute Gasteiger partial charge is 0.454 e. The zero-order chi connectivity index (χ0) is 34.0. The zero-order valence-electron chi connectivity index (χ0n) is 29.9. The molecule has 222 valence electrons. The van der Waals surface area contributed by atoms with Gasteiger partial charge in [-0.2, -0.15) is 0 Å². The lowest BCUT2D eigenvalue weighted by atomic mass is 9.76. The minimum atomic E-state index is -1.51. The number of nitrogens with zero attached hydrogens (tertiary/aromatic N) is 1. The molecular weight excluding hydrogens is 541 g/mol. The molecule has 1 saturated carbocycles. The molecular formula is C41H41FNO+. The molecule has 0 N–H and O–H groups in total. The third kappa shape index (κ3) is 5.23. The molecule has 0 bridgehead atoms. The monoisotopic (exact) mass is 586 g/mol. The van der Waals surface area contributed by atoms with Gasteiger partial charge >= 0.3 is 0 Å². The number of aryl methyl sites for hydroxylation is 2. The molecule has 0 unspecified atom stereocenters. The van der Waals surface area contributed by atoms with E-state index in [2.05, 4.69) is 0 Å². The Kier molecular flexibility index (Phi) is 6.41. The van der Waals surface area contributed by atoms with Gasteiger partial charge in [0.15, 0.2) is 6.20 Å². The first-order valence-corrected chi connectivity index (χ1v) is 15.6. The number of halogens is 1. The predicted octanol–water partition coefficient (Wildman–Crippen LogP) is 10.8. The Labute approximate surface area is 265 Å². The van der Waals surface area contributed by atoms with Gasteiger partial charge in [0.25, 0.3) is 0 Å². The van der Waals surface area contributed by atoms with E-state index in [9.17, 15) is 1.37 Å². The minimum absolute atomic E-state index is 0.207. The van der Waals surface area contributed by atoms with Crippen LogP contribution in [0.3, 0.4) is 0 Å². The van der Waals surface area contributed by atoms with Crippen molar-refractivity contribution in [3.8, 4) is 22.4 Å². The first-order chi connectivity index (χ1) is 22.8. The van der Waals surface area contributed by atoms with Crippen molar-refractivity contribution < 1.29 is 18.9 Å². The van der Waals surface area contributed by atoms with Crippen molar-refractivity contribution >= 4 is 21.9 Å². The lowest BCUT2D eigenvalue weighted by Gasteiger charge is -2.29. The van der Waals surface area contributed by atoms with Crippen LogP contribution in [0, 0.1) is 18.7 Å². The van der Waals surface area contributed by atoms with E-state index >= 15 is 4.39 Å². The standard InChI is InChI=1S/C41H41FNO/c1-26(2)24-28-22-23-43(4)37(25-28)38-27(3)10-19-34-35-20-21-36(42)39(41(35)44-40(34)38)33-17-15-32(16-18-33)31-13-11-30(12-14-31)29-8-6-5-7-9-29/h5-10,15-23,25-26,30-31H,11-14,24H2,1-4H3/q+1/i24D2,30D,31D. The molecule has 0 spiro atoms. The highest BCUT2D eigenvalue weighted by atomic mass is 19.1. The molecule has 0 radical (unpaired) electrons. The maximum Gasteiger partial charge on any atom is 0.216 e. The highest BCUT2D eigenvalue weighted by molar-refractivity contribution is 6.13. The Morgan fingerprint density at radius 1 is 0.818 bits per heavy atom. The zero-order valence-corrected chi connectivity index (χ0v) is 25.9. The molecule has 2 heterocycles. The van der Waals surface area contributed by atoms with Gasteiger partial charge in [-0.3, -0.25) is 0 Å². The smallest absolute Gasteiger partial charge is 0.216 e. The van der Waals surface area contributed by atoms with Gasteiger partial charge in [0.2, 0.25) is 5.69 Å². The highest BCUT2D eigenvalue weighted by Crippen LogP contribution is 2.43. The van der Waals surface area contributed by atoms with Gasteiger partial charge in [-0.25, -0.2) is 8.96 Å². The number of rotatable bonds is 6. The Morgan fingerprint density at radius 3 is 2.09 bits per heavy atom. The number of pyridine rings is 1. The van der Waals surface area contributed by atoms with Crippen LogP contribution in [0.5, 0.6) is 0 Å². The van der Waals surface area contributed by atoms with E-state index in [0.717, 1.165) is 38.7 Å². The van der Waals surface area contributed by atoms with Crippen LogP contribution in [0.25, 0.3) is 44.3 Å². The van der Waals surface area contributed by atoms with Gasteiger partial charge in [0.1, 0.15) is 24.0 Å². The maximum absolute atomic E-state index is 15.8. The molecule has 0 aliphatic heterocycles. The molecule has 4 aromatic carbocycles. The van der Waals surface area contributed by atoms with Gasteiger partial charge in [0.05, 0.1) is 11.1 Å². The molecule has 2 aromatic heterocycles. The molecule has 44 heavy (non-hydrogen) atoms. The lowest BCUT2D eigenvalue weighted by molar-refractivity contribution is -0.660. The van der Waals surface area contributed by atoms with Crippen molar-refractivity contribution in [2.75, 3.05) is 0 Å². The molecule has 6 aromatic rings. The summed E-state index contributed by atoms with van der Waals surface area (Å²) in [5.74, 6) is -2.07. The highest BCUT2D eigenvalue weighted by Gasteiger charge is 2.25. The normalized spacial score (nSPS) is 22.1. The summed E-state index contributed by atoms with van der Waals surface area (Å²) >= 11 is 0. The number of hydrogen-bond acceptors (Lipinski definition) is 1. The first kappa shape index (κ1) is 24.1. The van der Waals surface area contributed by atoms with Crippen LogP contribution in [0.1, 0.15) is 79.1 Å². The number of benzene rings is 4. The van der Waals surface area contributed by atoms with E-state index < -0.39 is 18.2 Å². The third-order valence-corrected chi connectivity index (χ3v) is 9.05. The molecule has 2 nitrogen and oxygen atoms in total. The Balaban J connectivity index is 1.28. The summed E-state index contributed by atoms with van der Waals surface area (Å²) in [4.78, 5) is 0. The molecule has 7 rings (SSSR count). The summed E-state index contributed by atoms with van der Waals surface area (Å²) in [6.07, 6.45) is 2.76.